The first kappa shape index (κ1) is 16.5. The van der Waals surface area contributed by atoms with Crippen LogP contribution in [-0.2, 0) is 0 Å². The summed E-state index contributed by atoms with van der Waals surface area (Å²) < 4.78 is 0. The summed E-state index contributed by atoms with van der Waals surface area (Å²) in [6, 6.07) is 11.2. The summed E-state index contributed by atoms with van der Waals surface area (Å²) >= 11 is 0. The average molecular weight is 287 g/mol. The third kappa shape index (κ3) is 6.22. The van der Waals surface area contributed by atoms with Crippen molar-refractivity contribution in [2.45, 2.75) is 70.6 Å². The van der Waals surface area contributed by atoms with Crippen molar-refractivity contribution in [3.63, 3.8) is 0 Å². The second-order valence-electron chi connectivity index (χ2n) is 6.65. The molecule has 0 aliphatic carbocycles. The maximum absolute atomic E-state index is 2.69. The lowest BCUT2D eigenvalue weighted by molar-refractivity contribution is 0.219. The molecule has 1 aliphatic heterocycles. The van der Waals surface area contributed by atoms with Gasteiger partial charge in [0, 0.05) is 0 Å². The van der Waals surface area contributed by atoms with Gasteiger partial charge in [-0.2, -0.15) is 0 Å². The summed E-state index contributed by atoms with van der Waals surface area (Å²) in [7, 11) is 0. The van der Waals surface area contributed by atoms with Crippen LogP contribution in [0.2, 0.25) is 0 Å². The molecule has 2 rings (SSSR count). The Morgan fingerprint density at radius 3 is 2.38 bits per heavy atom. The van der Waals surface area contributed by atoms with Gasteiger partial charge in [0.05, 0.1) is 0 Å². The minimum atomic E-state index is 0.769. The van der Waals surface area contributed by atoms with Crippen LogP contribution in [0.3, 0.4) is 0 Å². The van der Waals surface area contributed by atoms with Gasteiger partial charge in [-0.25, -0.2) is 0 Å². The Bertz CT molecular complexity index is 353. The van der Waals surface area contributed by atoms with E-state index in [1.54, 1.807) is 5.56 Å². The first-order chi connectivity index (χ1) is 10.4. The van der Waals surface area contributed by atoms with Gasteiger partial charge in [-0.15, -0.1) is 0 Å². The van der Waals surface area contributed by atoms with Crippen molar-refractivity contribution in [1.29, 1.82) is 0 Å². The number of piperidine rings is 1. The maximum atomic E-state index is 2.69. The van der Waals surface area contributed by atoms with Gasteiger partial charge in [0.2, 0.25) is 0 Å². The van der Waals surface area contributed by atoms with Gasteiger partial charge < -0.3 is 4.90 Å². The fourth-order valence-corrected chi connectivity index (χ4v) is 3.54. The fraction of sp³-hybridized carbons (Fsp3) is 0.700. The average Bonchev–Trinajstić information content (AvgIpc) is 2.56. The predicted molar refractivity (Wildman–Crippen MR) is 92.9 cm³/mol. The van der Waals surface area contributed by atoms with Crippen LogP contribution in [0, 0.1) is 0 Å². The second-order valence-corrected chi connectivity index (χ2v) is 6.65. The number of nitrogens with zero attached hydrogens (tertiary/aromatic N) is 1. The first-order valence-electron chi connectivity index (χ1n) is 9.17. The zero-order valence-electron chi connectivity index (χ0n) is 13.9. The summed E-state index contributed by atoms with van der Waals surface area (Å²) in [5.41, 5.74) is 1.56. The molecular weight excluding hydrogens is 254 g/mol. The van der Waals surface area contributed by atoms with Gasteiger partial charge in [0.15, 0.2) is 0 Å². The van der Waals surface area contributed by atoms with E-state index in [4.69, 9.17) is 0 Å². The van der Waals surface area contributed by atoms with Crippen molar-refractivity contribution >= 4 is 0 Å². The highest BCUT2D eigenvalue weighted by Gasteiger charge is 2.15. The molecule has 0 N–H and O–H groups in total. The molecule has 1 heteroatoms. The monoisotopic (exact) mass is 287 g/mol. The normalized spacial score (nSPS) is 17.8. The van der Waals surface area contributed by atoms with Gasteiger partial charge >= 0.3 is 0 Å². The second kappa shape index (κ2) is 10.00. The van der Waals surface area contributed by atoms with E-state index in [1.807, 2.05) is 0 Å². The Labute approximate surface area is 131 Å². The van der Waals surface area contributed by atoms with E-state index in [0.29, 0.717) is 0 Å². The minimum Gasteiger partial charge on any atom is -0.303 e. The third-order valence-corrected chi connectivity index (χ3v) is 4.92. The van der Waals surface area contributed by atoms with Crippen LogP contribution in [0.5, 0.6) is 0 Å². The van der Waals surface area contributed by atoms with Crippen molar-refractivity contribution < 1.29 is 0 Å². The topological polar surface area (TPSA) is 3.24 Å². The first-order valence-corrected chi connectivity index (χ1v) is 9.17. The third-order valence-electron chi connectivity index (χ3n) is 4.92. The molecule has 1 unspecified atom stereocenters. The van der Waals surface area contributed by atoms with Gasteiger partial charge in [0.1, 0.15) is 0 Å². The van der Waals surface area contributed by atoms with Gasteiger partial charge in [-0.1, -0.05) is 69.4 Å². The highest BCUT2D eigenvalue weighted by molar-refractivity contribution is 5.19. The molecule has 1 aromatic rings. The summed E-state index contributed by atoms with van der Waals surface area (Å²) in [6.45, 7) is 6.26. The molecule has 1 fully saturated rings. The van der Waals surface area contributed by atoms with Gasteiger partial charge in [0.25, 0.3) is 0 Å². The standard InChI is InChI=1S/C20H33N/c1-2-3-4-7-14-20(19-12-8-5-9-13-19)15-18-21-16-10-6-11-17-21/h5,8-9,12-13,20H,2-4,6-7,10-11,14-18H2,1H3. The van der Waals surface area contributed by atoms with Crippen molar-refractivity contribution in [2.75, 3.05) is 19.6 Å². The molecule has 1 saturated heterocycles. The number of benzene rings is 1. The molecule has 1 atom stereocenters. The summed E-state index contributed by atoms with van der Waals surface area (Å²) in [5, 5.41) is 0. The molecule has 0 bridgehead atoms. The predicted octanol–water partition coefficient (Wildman–Crippen LogP) is 5.62. The SMILES string of the molecule is CCCCCCC(CCN1CCCCC1)c1ccccc1. The van der Waals surface area contributed by atoms with Crippen LogP contribution in [0.25, 0.3) is 0 Å². The van der Waals surface area contributed by atoms with Gasteiger partial charge in [-0.05, 0) is 56.8 Å². The van der Waals surface area contributed by atoms with E-state index in [1.165, 1.54) is 77.4 Å². The number of likely N-dealkylation sites (tertiary alicyclic amines) is 1. The molecule has 0 radical (unpaired) electrons. The van der Waals surface area contributed by atoms with Crippen molar-refractivity contribution in [3.05, 3.63) is 35.9 Å². The summed E-state index contributed by atoms with van der Waals surface area (Å²) in [6.07, 6.45) is 12.5. The molecule has 1 heterocycles. The van der Waals surface area contributed by atoms with Gasteiger partial charge in [-0.3, -0.25) is 0 Å². The van der Waals surface area contributed by atoms with Crippen LogP contribution in [-0.4, -0.2) is 24.5 Å². The smallest absolute Gasteiger partial charge is 0.00129 e. The molecule has 0 aromatic heterocycles. The maximum Gasteiger partial charge on any atom is -0.00129 e. The lowest BCUT2D eigenvalue weighted by Crippen LogP contribution is -2.31. The highest BCUT2D eigenvalue weighted by atomic mass is 15.1. The molecule has 1 nitrogen and oxygen atoms in total. The zero-order chi connectivity index (χ0) is 14.8. The Morgan fingerprint density at radius 1 is 0.905 bits per heavy atom. The van der Waals surface area contributed by atoms with E-state index in [0.717, 1.165) is 5.92 Å². The molecular formula is C20H33N. The number of hydrogen-bond donors (Lipinski definition) is 0. The lowest BCUT2D eigenvalue weighted by Gasteiger charge is -2.28. The molecule has 21 heavy (non-hydrogen) atoms. The number of rotatable bonds is 9. The quantitative estimate of drug-likeness (QED) is 0.533. The fourth-order valence-electron chi connectivity index (χ4n) is 3.54. The molecule has 1 aliphatic rings. The van der Waals surface area contributed by atoms with Crippen LogP contribution in [0.4, 0.5) is 0 Å². The highest BCUT2D eigenvalue weighted by Crippen LogP contribution is 2.27. The number of hydrogen-bond acceptors (Lipinski definition) is 1. The number of unbranched alkanes of at least 4 members (excludes halogenated alkanes) is 3. The van der Waals surface area contributed by atoms with Crippen molar-refractivity contribution in [3.8, 4) is 0 Å². The van der Waals surface area contributed by atoms with Crippen molar-refractivity contribution in [1.82, 2.24) is 4.90 Å². The largest absolute Gasteiger partial charge is 0.303 e. The summed E-state index contributed by atoms with van der Waals surface area (Å²) in [4.78, 5) is 2.69. The molecule has 118 valence electrons. The molecule has 0 saturated carbocycles. The Kier molecular flexibility index (Phi) is 7.88. The van der Waals surface area contributed by atoms with Crippen LogP contribution in [0.1, 0.15) is 76.2 Å². The molecule has 0 amide bonds. The van der Waals surface area contributed by atoms with Crippen LogP contribution >= 0.6 is 0 Å². The Balaban J connectivity index is 1.82. The van der Waals surface area contributed by atoms with E-state index in [-0.39, 0.29) is 0 Å². The van der Waals surface area contributed by atoms with Crippen LogP contribution < -0.4 is 0 Å². The van der Waals surface area contributed by atoms with E-state index >= 15 is 0 Å². The summed E-state index contributed by atoms with van der Waals surface area (Å²) in [5.74, 6) is 0.769. The molecule has 1 aromatic carbocycles. The van der Waals surface area contributed by atoms with Crippen molar-refractivity contribution in [2.24, 2.45) is 0 Å². The van der Waals surface area contributed by atoms with E-state index < -0.39 is 0 Å². The van der Waals surface area contributed by atoms with Crippen LogP contribution in [0.15, 0.2) is 30.3 Å². The Morgan fingerprint density at radius 2 is 1.67 bits per heavy atom. The lowest BCUT2D eigenvalue weighted by atomic mass is 9.90. The Hall–Kier alpha value is -0.820. The van der Waals surface area contributed by atoms with E-state index in [9.17, 15) is 0 Å². The van der Waals surface area contributed by atoms with E-state index in [2.05, 4.69) is 42.2 Å². The zero-order valence-corrected chi connectivity index (χ0v) is 13.9. The molecule has 0 spiro atoms. The minimum absolute atomic E-state index is 0.769.